The average Bonchev–Trinajstić information content (AvgIpc) is 2.82. The minimum absolute atomic E-state index is 0.0461. The zero-order valence-corrected chi connectivity index (χ0v) is 13.5. The third-order valence-electron chi connectivity index (χ3n) is 3.05. The highest BCUT2D eigenvalue weighted by molar-refractivity contribution is 7.89. The zero-order chi connectivity index (χ0) is 14.8. The zero-order valence-electron chi connectivity index (χ0n) is 11.8. The summed E-state index contributed by atoms with van der Waals surface area (Å²) in [7, 11) is -0.0510. The van der Waals surface area contributed by atoms with Crippen LogP contribution in [0.5, 0.6) is 0 Å². The van der Waals surface area contributed by atoms with Gasteiger partial charge in [0.15, 0.2) is 0 Å². The predicted molar refractivity (Wildman–Crippen MR) is 83.5 cm³/mol. The smallest absolute Gasteiger partial charge is 0.214 e. The predicted octanol–water partition coefficient (Wildman–Crippen LogP) is 1.84. The van der Waals surface area contributed by atoms with Crippen molar-refractivity contribution in [3.63, 3.8) is 0 Å². The van der Waals surface area contributed by atoms with Crippen molar-refractivity contribution in [1.82, 2.24) is 14.6 Å². The summed E-state index contributed by atoms with van der Waals surface area (Å²) < 4.78 is 25.7. The van der Waals surface area contributed by atoms with E-state index in [0.717, 1.165) is 15.2 Å². The van der Waals surface area contributed by atoms with Gasteiger partial charge in [-0.3, -0.25) is 0 Å². The molecule has 1 aromatic carbocycles. The molecule has 1 heterocycles. The molecule has 0 saturated heterocycles. The van der Waals surface area contributed by atoms with Crippen molar-refractivity contribution in [3.05, 3.63) is 29.3 Å². The number of fused-ring (bicyclic) bond motifs is 1. The van der Waals surface area contributed by atoms with E-state index in [1.54, 1.807) is 25.4 Å². The van der Waals surface area contributed by atoms with E-state index in [1.807, 2.05) is 31.2 Å². The Balaban J connectivity index is 1.97. The number of thiazole rings is 1. The van der Waals surface area contributed by atoms with Crippen molar-refractivity contribution in [3.8, 4) is 0 Å². The molecule has 7 heteroatoms. The first kappa shape index (κ1) is 15.4. The maximum absolute atomic E-state index is 11.7. The van der Waals surface area contributed by atoms with Crippen molar-refractivity contribution in [2.24, 2.45) is 0 Å². The number of hydrogen-bond acceptors (Lipinski definition) is 5. The van der Waals surface area contributed by atoms with Crippen molar-refractivity contribution in [1.29, 1.82) is 0 Å². The summed E-state index contributed by atoms with van der Waals surface area (Å²) >= 11 is 1.64. The molecule has 0 spiro atoms. The Labute approximate surface area is 123 Å². The number of sulfonamides is 1. The lowest BCUT2D eigenvalue weighted by atomic mass is 10.3. The third kappa shape index (κ3) is 3.54. The van der Waals surface area contributed by atoms with E-state index in [0.29, 0.717) is 6.54 Å². The van der Waals surface area contributed by atoms with Crippen LogP contribution in [0, 0.1) is 0 Å². The first-order chi connectivity index (χ1) is 9.40. The Kier molecular flexibility index (Phi) is 4.74. The second-order valence-electron chi connectivity index (χ2n) is 4.79. The Morgan fingerprint density at radius 1 is 1.35 bits per heavy atom. The Bertz CT molecular complexity index is 647. The van der Waals surface area contributed by atoms with Gasteiger partial charge in [0, 0.05) is 20.6 Å². The van der Waals surface area contributed by atoms with Crippen molar-refractivity contribution in [2.45, 2.75) is 13.0 Å². The fourth-order valence-electron chi connectivity index (χ4n) is 1.75. The molecule has 1 aromatic heterocycles. The van der Waals surface area contributed by atoms with Crippen LogP contribution in [0.2, 0.25) is 0 Å². The lowest BCUT2D eigenvalue weighted by Crippen LogP contribution is -2.32. The normalized spacial score (nSPS) is 14.0. The van der Waals surface area contributed by atoms with Gasteiger partial charge in [-0.2, -0.15) is 0 Å². The SMILES string of the molecule is CC(NCCS(=O)(=O)N(C)C)c1nc2ccccc2s1. The summed E-state index contributed by atoms with van der Waals surface area (Å²) in [4.78, 5) is 4.56. The van der Waals surface area contributed by atoms with Crippen LogP contribution >= 0.6 is 11.3 Å². The summed E-state index contributed by atoms with van der Waals surface area (Å²) in [5.41, 5.74) is 0.988. The number of aromatic nitrogens is 1. The molecule has 5 nitrogen and oxygen atoms in total. The van der Waals surface area contributed by atoms with Crippen LogP contribution < -0.4 is 5.32 Å². The summed E-state index contributed by atoms with van der Waals surface area (Å²) in [6.45, 7) is 2.41. The van der Waals surface area contributed by atoms with Crippen LogP contribution in [-0.2, 0) is 10.0 Å². The maximum Gasteiger partial charge on any atom is 0.214 e. The van der Waals surface area contributed by atoms with Crippen LogP contribution in [0.1, 0.15) is 18.0 Å². The van der Waals surface area contributed by atoms with Gasteiger partial charge in [0.2, 0.25) is 10.0 Å². The highest BCUT2D eigenvalue weighted by Gasteiger charge is 2.15. The molecule has 0 radical (unpaired) electrons. The molecule has 20 heavy (non-hydrogen) atoms. The van der Waals surface area contributed by atoms with Crippen LogP contribution in [0.4, 0.5) is 0 Å². The van der Waals surface area contributed by atoms with E-state index < -0.39 is 10.0 Å². The molecular weight excluding hydrogens is 294 g/mol. The Morgan fingerprint density at radius 2 is 2.05 bits per heavy atom. The van der Waals surface area contributed by atoms with E-state index in [2.05, 4.69) is 10.3 Å². The molecular formula is C13H19N3O2S2. The van der Waals surface area contributed by atoms with Gasteiger partial charge in [0.25, 0.3) is 0 Å². The second kappa shape index (κ2) is 6.17. The van der Waals surface area contributed by atoms with Crippen molar-refractivity contribution < 1.29 is 8.42 Å². The van der Waals surface area contributed by atoms with Crippen LogP contribution in [0.3, 0.4) is 0 Å². The van der Waals surface area contributed by atoms with Gasteiger partial charge in [-0.05, 0) is 19.1 Å². The second-order valence-corrected chi connectivity index (χ2v) is 8.16. The number of benzene rings is 1. The Morgan fingerprint density at radius 3 is 2.70 bits per heavy atom. The van der Waals surface area contributed by atoms with Crippen LogP contribution in [-0.4, -0.2) is 44.1 Å². The fraction of sp³-hybridized carbons (Fsp3) is 0.462. The summed E-state index contributed by atoms with van der Waals surface area (Å²) in [6.07, 6.45) is 0. The van der Waals surface area contributed by atoms with E-state index >= 15 is 0 Å². The number of nitrogens with zero attached hydrogens (tertiary/aromatic N) is 2. The van der Waals surface area contributed by atoms with Crippen LogP contribution in [0.25, 0.3) is 10.2 Å². The monoisotopic (exact) mass is 313 g/mol. The Hall–Kier alpha value is -1.02. The quantitative estimate of drug-likeness (QED) is 0.884. The molecule has 2 rings (SSSR count). The van der Waals surface area contributed by atoms with Gasteiger partial charge < -0.3 is 5.32 Å². The summed E-state index contributed by atoms with van der Waals surface area (Å²) in [5.74, 6) is 0.0925. The lowest BCUT2D eigenvalue weighted by Gasteiger charge is -2.14. The molecule has 0 fully saturated rings. The molecule has 0 aliphatic carbocycles. The lowest BCUT2D eigenvalue weighted by molar-refractivity contribution is 0.512. The molecule has 1 atom stereocenters. The molecule has 1 N–H and O–H groups in total. The summed E-state index contributed by atoms with van der Waals surface area (Å²) in [5, 5.41) is 4.19. The average molecular weight is 313 g/mol. The number of hydrogen-bond donors (Lipinski definition) is 1. The largest absolute Gasteiger partial charge is 0.307 e. The molecule has 0 aliphatic rings. The van der Waals surface area contributed by atoms with E-state index in [-0.39, 0.29) is 11.8 Å². The van der Waals surface area contributed by atoms with Crippen molar-refractivity contribution in [2.75, 3.05) is 26.4 Å². The fourth-order valence-corrected chi connectivity index (χ4v) is 3.48. The van der Waals surface area contributed by atoms with Gasteiger partial charge in [0.1, 0.15) is 5.01 Å². The van der Waals surface area contributed by atoms with Gasteiger partial charge in [0.05, 0.1) is 22.0 Å². The standard InChI is InChI=1S/C13H19N3O2S2/c1-10(14-8-9-20(17,18)16(2)3)13-15-11-6-4-5-7-12(11)19-13/h4-7,10,14H,8-9H2,1-3H3. The van der Waals surface area contributed by atoms with Crippen molar-refractivity contribution >= 4 is 31.6 Å². The molecule has 0 bridgehead atoms. The molecule has 0 aliphatic heterocycles. The molecule has 1 unspecified atom stereocenters. The minimum Gasteiger partial charge on any atom is -0.307 e. The first-order valence-corrected chi connectivity index (χ1v) is 8.82. The van der Waals surface area contributed by atoms with Gasteiger partial charge in [-0.1, -0.05) is 12.1 Å². The summed E-state index contributed by atoms with van der Waals surface area (Å²) in [6, 6.07) is 8.03. The molecule has 0 amide bonds. The highest BCUT2D eigenvalue weighted by Crippen LogP contribution is 2.25. The number of rotatable bonds is 6. The topological polar surface area (TPSA) is 62.3 Å². The first-order valence-electron chi connectivity index (χ1n) is 6.39. The molecule has 2 aromatic rings. The third-order valence-corrected chi connectivity index (χ3v) is 6.10. The molecule has 0 saturated carbocycles. The highest BCUT2D eigenvalue weighted by atomic mass is 32.2. The number of para-hydroxylation sites is 1. The van der Waals surface area contributed by atoms with E-state index in [9.17, 15) is 8.42 Å². The van der Waals surface area contributed by atoms with Crippen LogP contribution in [0.15, 0.2) is 24.3 Å². The van der Waals surface area contributed by atoms with Gasteiger partial charge in [-0.25, -0.2) is 17.7 Å². The minimum atomic E-state index is -3.15. The van der Waals surface area contributed by atoms with Gasteiger partial charge in [-0.15, -0.1) is 11.3 Å². The van der Waals surface area contributed by atoms with E-state index in [1.165, 1.54) is 4.31 Å². The maximum atomic E-state index is 11.7. The molecule has 110 valence electrons. The van der Waals surface area contributed by atoms with E-state index in [4.69, 9.17) is 0 Å². The number of nitrogens with one attached hydrogen (secondary N) is 1. The van der Waals surface area contributed by atoms with Gasteiger partial charge >= 0.3 is 0 Å².